The Morgan fingerprint density at radius 1 is 1.41 bits per heavy atom. The number of nitrogens with two attached hydrogens (primary N) is 1. The monoisotopic (exact) mass is 242 g/mol. The SMILES string of the molecule is CCn1c(N)c(NCCCCO)c(=O)[nH]c1=O. The molecule has 0 fully saturated rings. The number of unbranched alkanes of at least 4 members (excludes halogenated alkanes) is 1. The van der Waals surface area contributed by atoms with Gasteiger partial charge in [-0.15, -0.1) is 0 Å². The third kappa shape index (κ3) is 3.10. The summed E-state index contributed by atoms with van der Waals surface area (Å²) in [6, 6.07) is 0. The topological polar surface area (TPSA) is 113 Å². The Balaban J connectivity index is 2.92. The first-order chi connectivity index (χ1) is 8.11. The lowest BCUT2D eigenvalue weighted by Gasteiger charge is -2.12. The number of rotatable bonds is 6. The van der Waals surface area contributed by atoms with Gasteiger partial charge in [-0.25, -0.2) is 4.79 Å². The van der Waals surface area contributed by atoms with Crippen molar-refractivity contribution in [2.24, 2.45) is 0 Å². The van der Waals surface area contributed by atoms with Crippen LogP contribution >= 0.6 is 0 Å². The molecule has 0 aliphatic carbocycles. The van der Waals surface area contributed by atoms with Crippen LogP contribution in [-0.4, -0.2) is 27.8 Å². The summed E-state index contributed by atoms with van der Waals surface area (Å²) in [7, 11) is 0. The summed E-state index contributed by atoms with van der Waals surface area (Å²) >= 11 is 0. The maximum absolute atomic E-state index is 11.5. The van der Waals surface area contributed by atoms with E-state index in [9.17, 15) is 9.59 Å². The zero-order chi connectivity index (χ0) is 12.8. The summed E-state index contributed by atoms with van der Waals surface area (Å²) in [6.45, 7) is 2.80. The molecule has 0 aromatic carbocycles. The van der Waals surface area contributed by atoms with Crippen LogP contribution in [0.4, 0.5) is 11.5 Å². The van der Waals surface area contributed by atoms with Gasteiger partial charge in [-0.05, 0) is 19.8 Å². The van der Waals surface area contributed by atoms with Gasteiger partial charge in [0.15, 0.2) is 0 Å². The third-order valence-corrected chi connectivity index (χ3v) is 2.44. The van der Waals surface area contributed by atoms with Crippen LogP contribution in [0.1, 0.15) is 19.8 Å². The summed E-state index contributed by atoms with van der Waals surface area (Å²) in [6.07, 6.45) is 1.37. The molecule has 1 aromatic rings. The van der Waals surface area contributed by atoms with Gasteiger partial charge in [0.2, 0.25) is 0 Å². The van der Waals surface area contributed by atoms with Gasteiger partial charge < -0.3 is 16.2 Å². The number of hydrogen-bond donors (Lipinski definition) is 4. The predicted octanol–water partition coefficient (Wildman–Crippen LogP) is -0.677. The number of nitrogen functional groups attached to an aromatic ring is 1. The summed E-state index contributed by atoms with van der Waals surface area (Å²) < 4.78 is 1.29. The van der Waals surface area contributed by atoms with Gasteiger partial charge in [0.1, 0.15) is 11.5 Å². The molecule has 0 unspecified atom stereocenters. The molecule has 0 radical (unpaired) electrons. The van der Waals surface area contributed by atoms with E-state index in [0.29, 0.717) is 19.5 Å². The van der Waals surface area contributed by atoms with Crippen LogP contribution in [0.2, 0.25) is 0 Å². The van der Waals surface area contributed by atoms with Gasteiger partial charge in [-0.1, -0.05) is 0 Å². The van der Waals surface area contributed by atoms with Gasteiger partial charge in [0, 0.05) is 19.7 Å². The number of nitrogens with one attached hydrogen (secondary N) is 2. The van der Waals surface area contributed by atoms with Gasteiger partial charge in [-0.3, -0.25) is 14.3 Å². The van der Waals surface area contributed by atoms with Crippen molar-refractivity contribution < 1.29 is 5.11 Å². The largest absolute Gasteiger partial charge is 0.396 e. The van der Waals surface area contributed by atoms with Crippen LogP contribution in [0.5, 0.6) is 0 Å². The molecule has 0 saturated carbocycles. The molecular formula is C10H18N4O3. The van der Waals surface area contributed by atoms with E-state index in [-0.39, 0.29) is 18.1 Å². The Labute approximate surface area is 98.3 Å². The fraction of sp³-hybridized carbons (Fsp3) is 0.600. The van der Waals surface area contributed by atoms with Crippen LogP contribution in [0.3, 0.4) is 0 Å². The van der Waals surface area contributed by atoms with E-state index in [1.807, 2.05) is 0 Å². The molecule has 0 saturated heterocycles. The van der Waals surface area contributed by atoms with Crippen molar-refractivity contribution in [2.75, 3.05) is 24.2 Å². The molecule has 1 heterocycles. The van der Waals surface area contributed by atoms with E-state index in [1.54, 1.807) is 6.92 Å². The second-order valence-corrected chi connectivity index (χ2v) is 3.62. The highest BCUT2D eigenvalue weighted by Crippen LogP contribution is 2.09. The van der Waals surface area contributed by atoms with E-state index < -0.39 is 11.2 Å². The number of nitrogens with zero attached hydrogens (tertiary/aromatic N) is 1. The van der Waals surface area contributed by atoms with E-state index in [2.05, 4.69) is 10.3 Å². The molecule has 7 nitrogen and oxygen atoms in total. The smallest absolute Gasteiger partial charge is 0.330 e. The molecule has 1 aromatic heterocycles. The molecule has 5 N–H and O–H groups in total. The van der Waals surface area contributed by atoms with Crippen molar-refractivity contribution in [3.8, 4) is 0 Å². The highest BCUT2D eigenvalue weighted by molar-refractivity contribution is 5.60. The summed E-state index contributed by atoms with van der Waals surface area (Å²) in [5.74, 6) is 0.144. The van der Waals surface area contributed by atoms with Crippen molar-refractivity contribution in [3.05, 3.63) is 20.8 Å². The lowest BCUT2D eigenvalue weighted by atomic mass is 10.3. The van der Waals surface area contributed by atoms with Crippen molar-refractivity contribution in [2.45, 2.75) is 26.3 Å². The second-order valence-electron chi connectivity index (χ2n) is 3.62. The van der Waals surface area contributed by atoms with Crippen LogP contribution in [0.25, 0.3) is 0 Å². The summed E-state index contributed by atoms with van der Waals surface area (Å²) in [5.41, 5.74) is 4.94. The maximum atomic E-state index is 11.5. The highest BCUT2D eigenvalue weighted by atomic mass is 16.3. The fourth-order valence-corrected chi connectivity index (χ4v) is 1.52. The molecule has 0 aliphatic rings. The normalized spacial score (nSPS) is 10.5. The number of aromatic amines is 1. The van der Waals surface area contributed by atoms with Gasteiger partial charge >= 0.3 is 5.69 Å². The van der Waals surface area contributed by atoms with Crippen LogP contribution in [0, 0.1) is 0 Å². The Bertz CT molecular complexity index is 477. The van der Waals surface area contributed by atoms with Crippen molar-refractivity contribution in [1.29, 1.82) is 0 Å². The van der Waals surface area contributed by atoms with Gasteiger partial charge in [-0.2, -0.15) is 0 Å². The van der Waals surface area contributed by atoms with Crippen molar-refractivity contribution >= 4 is 11.5 Å². The Morgan fingerprint density at radius 3 is 2.71 bits per heavy atom. The third-order valence-electron chi connectivity index (χ3n) is 2.44. The Hall–Kier alpha value is -1.76. The summed E-state index contributed by atoms with van der Waals surface area (Å²) in [5, 5.41) is 11.5. The zero-order valence-electron chi connectivity index (χ0n) is 9.82. The standard InChI is InChI=1S/C10H18N4O3/c1-2-14-8(11)7(9(16)13-10(14)17)12-5-3-4-6-15/h12,15H,2-6,11H2,1H3,(H,13,16,17). The van der Waals surface area contributed by atoms with Crippen molar-refractivity contribution in [3.63, 3.8) is 0 Å². The quantitative estimate of drug-likeness (QED) is 0.494. The molecule has 0 amide bonds. The van der Waals surface area contributed by atoms with Crippen LogP contribution in [-0.2, 0) is 6.54 Å². The molecule has 7 heteroatoms. The maximum Gasteiger partial charge on any atom is 0.330 e. The van der Waals surface area contributed by atoms with E-state index in [1.165, 1.54) is 4.57 Å². The molecule has 0 bridgehead atoms. The predicted molar refractivity (Wildman–Crippen MR) is 66.2 cm³/mol. The zero-order valence-corrected chi connectivity index (χ0v) is 9.82. The minimum absolute atomic E-state index is 0.113. The first-order valence-corrected chi connectivity index (χ1v) is 5.59. The molecule has 17 heavy (non-hydrogen) atoms. The molecule has 1 rings (SSSR count). The summed E-state index contributed by atoms with van der Waals surface area (Å²) in [4.78, 5) is 25.1. The molecule has 96 valence electrons. The molecule has 0 atom stereocenters. The van der Waals surface area contributed by atoms with Gasteiger partial charge in [0.25, 0.3) is 5.56 Å². The number of hydrogen-bond acceptors (Lipinski definition) is 5. The second kappa shape index (κ2) is 6.09. The highest BCUT2D eigenvalue weighted by Gasteiger charge is 2.10. The Kier molecular flexibility index (Phi) is 4.77. The average Bonchev–Trinajstić information content (AvgIpc) is 2.28. The number of H-pyrrole nitrogens is 1. The molecule has 0 spiro atoms. The van der Waals surface area contributed by atoms with Gasteiger partial charge in [0.05, 0.1) is 0 Å². The minimum atomic E-state index is -0.513. The molecular weight excluding hydrogens is 224 g/mol. The van der Waals surface area contributed by atoms with Crippen LogP contribution < -0.4 is 22.3 Å². The first-order valence-electron chi connectivity index (χ1n) is 5.59. The minimum Gasteiger partial charge on any atom is -0.396 e. The lowest BCUT2D eigenvalue weighted by molar-refractivity contribution is 0.286. The average molecular weight is 242 g/mol. The van der Waals surface area contributed by atoms with E-state index in [4.69, 9.17) is 10.8 Å². The number of aromatic nitrogens is 2. The first kappa shape index (κ1) is 13.3. The van der Waals surface area contributed by atoms with E-state index >= 15 is 0 Å². The number of aliphatic hydroxyl groups is 1. The number of aliphatic hydroxyl groups excluding tert-OH is 1. The van der Waals surface area contributed by atoms with Crippen LogP contribution in [0.15, 0.2) is 9.59 Å². The lowest BCUT2D eigenvalue weighted by Crippen LogP contribution is -2.33. The Morgan fingerprint density at radius 2 is 2.12 bits per heavy atom. The van der Waals surface area contributed by atoms with Crippen molar-refractivity contribution in [1.82, 2.24) is 9.55 Å². The fourth-order valence-electron chi connectivity index (χ4n) is 1.52. The number of anilines is 2. The van der Waals surface area contributed by atoms with E-state index in [0.717, 1.165) is 6.42 Å². The molecule has 0 aliphatic heterocycles.